The molecule has 0 saturated carbocycles. The predicted octanol–water partition coefficient (Wildman–Crippen LogP) is 1.22. The van der Waals surface area contributed by atoms with E-state index in [1.807, 2.05) is 12.1 Å². The molecular weight excluding hydrogens is 353 g/mol. The molecule has 1 aliphatic heterocycles. The number of carbonyl (C=O) groups is 1. The lowest BCUT2D eigenvalue weighted by atomic mass is 10.1. The molecule has 0 radical (unpaired) electrons. The fourth-order valence-electron chi connectivity index (χ4n) is 2.41. The van der Waals surface area contributed by atoms with Crippen LogP contribution in [0.5, 0.6) is 0 Å². The molecule has 138 valence electrons. The number of ether oxygens (including phenoxy) is 2. The van der Waals surface area contributed by atoms with Gasteiger partial charge >= 0.3 is 0 Å². The molecule has 1 aromatic carbocycles. The number of methoxy groups -OCH3 is 1. The van der Waals surface area contributed by atoms with Crippen LogP contribution in [0.15, 0.2) is 24.3 Å². The third-order valence-corrected chi connectivity index (χ3v) is 3.59. The Morgan fingerprint density at radius 3 is 2.67 bits per heavy atom. The average molecular weight is 380 g/mol. The van der Waals surface area contributed by atoms with Crippen molar-refractivity contribution in [3.8, 4) is 0 Å². The lowest BCUT2D eigenvalue weighted by molar-refractivity contribution is -0.120. The summed E-state index contributed by atoms with van der Waals surface area (Å²) >= 11 is 0. The van der Waals surface area contributed by atoms with Crippen LogP contribution in [0.1, 0.15) is 5.56 Å². The van der Waals surface area contributed by atoms with E-state index in [-0.39, 0.29) is 30.7 Å². The third kappa shape index (κ3) is 7.68. The van der Waals surface area contributed by atoms with Crippen LogP contribution in [-0.2, 0) is 20.8 Å². The molecule has 1 heterocycles. The lowest BCUT2D eigenvalue weighted by Gasteiger charge is -2.30. The maximum atomic E-state index is 11.8. The van der Waals surface area contributed by atoms with Crippen molar-refractivity contribution in [1.29, 1.82) is 0 Å². The summed E-state index contributed by atoms with van der Waals surface area (Å²) in [4.78, 5) is 14.1. The standard InChI is InChI=1S/C16H25N3O3.2ClH/c1-21-9-6-17-13-16(20)18-12-14-4-2-3-5-15(14)19-7-10-22-11-8-19;;/h2-5,17H,6-13H2,1H3,(H,18,20);2*1H. The molecule has 0 bridgehead atoms. The highest BCUT2D eigenvalue weighted by Gasteiger charge is 2.14. The molecule has 1 saturated heterocycles. The van der Waals surface area contributed by atoms with Crippen molar-refractivity contribution in [1.82, 2.24) is 10.6 Å². The van der Waals surface area contributed by atoms with Crippen LogP contribution in [-0.4, -0.2) is 59.0 Å². The van der Waals surface area contributed by atoms with Crippen LogP contribution in [0.3, 0.4) is 0 Å². The molecule has 6 nitrogen and oxygen atoms in total. The maximum absolute atomic E-state index is 11.8. The molecule has 2 N–H and O–H groups in total. The zero-order valence-electron chi connectivity index (χ0n) is 14.0. The molecule has 0 spiro atoms. The number of morpholine rings is 1. The Morgan fingerprint density at radius 1 is 1.25 bits per heavy atom. The molecular formula is C16H27Cl2N3O3. The van der Waals surface area contributed by atoms with E-state index in [1.165, 1.54) is 5.69 Å². The SMILES string of the molecule is COCCNCC(=O)NCc1ccccc1N1CCOCC1.Cl.Cl. The van der Waals surface area contributed by atoms with Crippen molar-refractivity contribution in [2.45, 2.75) is 6.54 Å². The van der Waals surface area contributed by atoms with Crippen molar-refractivity contribution in [2.75, 3.05) is 58.0 Å². The summed E-state index contributed by atoms with van der Waals surface area (Å²) < 4.78 is 10.3. The molecule has 1 aliphatic rings. The summed E-state index contributed by atoms with van der Waals surface area (Å²) in [7, 11) is 1.64. The largest absolute Gasteiger partial charge is 0.383 e. The van der Waals surface area contributed by atoms with E-state index in [0.717, 1.165) is 31.9 Å². The van der Waals surface area contributed by atoms with Gasteiger partial charge in [0, 0.05) is 39.0 Å². The minimum Gasteiger partial charge on any atom is -0.383 e. The summed E-state index contributed by atoms with van der Waals surface area (Å²) in [5.74, 6) is -0.00659. The number of anilines is 1. The predicted molar refractivity (Wildman–Crippen MR) is 101 cm³/mol. The summed E-state index contributed by atoms with van der Waals surface area (Å²) in [5.41, 5.74) is 2.31. The number of para-hydroxylation sites is 1. The number of rotatable bonds is 8. The summed E-state index contributed by atoms with van der Waals surface area (Å²) in [6, 6.07) is 8.19. The van der Waals surface area contributed by atoms with Crippen LogP contribution in [0.2, 0.25) is 0 Å². The Kier molecular flexibility index (Phi) is 12.7. The molecule has 0 aliphatic carbocycles. The Morgan fingerprint density at radius 2 is 1.96 bits per heavy atom. The van der Waals surface area contributed by atoms with Gasteiger partial charge in [0.25, 0.3) is 0 Å². The highest BCUT2D eigenvalue weighted by molar-refractivity contribution is 5.85. The van der Waals surface area contributed by atoms with Crippen LogP contribution in [0.4, 0.5) is 5.69 Å². The van der Waals surface area contributed by atoms with Crippen LogP contribution >= 0.6 is 24.8 Å². The van der Waals surface area contributed by atoms with Crippen LogP contribution in [0, 0.1) is 0 Å². The van der Waals surface area contributed by atoms with E-state index in [4.69, 9.17) is 9.47 Å². The first kappa shape index (κ1) is 22.9. The minimum absolute atomic E-state index is 0. The summed E-state index contributed by atoms with van der Waals surface area (Å²) in [6.07, 6.45) is 0. The van der Waals surface area contributed by atoms with Crippen molar-refractivity contribution in [2.24, 2.45) is 0 Å². The van der Waals surface area contributed by atoms with Gasteiger partial charge in [0.15, 0.2) is 0 Å². The van der Waals surface area contributed by atoms with Crippen molar-refractivity contribution < 1.29 is 14.3 Å². The number of carbonyl (C=O) groups excluding carboxylic acids is 1. The van der Waals surface area contributed by atoms with Gasteiger partial charge in [-0.3, -0.25) is 4.79 Å². The molecule has 0 unspecified atom stereocenters. The number of hydrogen-bond donors (Lipinski definition) is 2. The quantitative estimate of drug-likeness (QED) is 0.664. The van der Waals surface area contributed by atoms with E-state index in [9.17, 15) is 4.79 Å². The Labute approximate surface area is 156 Å². The zero-order chi connectivity index (χ0) is 15.6. The molecule has 2 rings (SSSR count). The van der Waals surface area contributed by atoms with Crippen LogP contribution < -0.4 is 15.5 Å². The number of amides is 1. The first-order chi connectivity index (χ1) is 10.8. The number of halogens is 2. The maximum Gasteiger partial charge on any atom is 0.234 e. The van der Waals surface area contributed by atoms with E-state index in [2.05, 4.69) is 27.7 Å². The lowest BCUT2D eigenvalue weighted by Crippen LogP contribution is -2.38. The second-order valence-corrected chi connectivity index (χ2v) is 5.17. The minimum atomic E-state index is -0.00659. The normalized spacial score (nSPS) is 13.6. The monoisotopic (exact) mass is 379 g/mol. The molecule has 1 amide bonds. The van der Waals surface area contributed by atoms with E-state index >= 15 is 0 Å². The van der Waals surface area contributed by atoms with Gasteiger partial charge < -0.3 is 25.0 Å². The topological polar surface area (TPSA) is 62.8 Å². The van der Waals surface area contributed by atoms with E-state index < -0.39 is 0 Å². The highest BCUT2D eigenvalue weighted by Crippen LogP contribution is 2.21. The zero-order valence-corrected chi connectivity index (χ0v) is 15.6. The van der Waals surface area contributed by atoms with Gasteiger partial charge in [-0.2, -0.15) is 0 Å². The molecule has 0 atom stereocenters. The van der Waals surface area contributed by atoms with E-state index in [1.54, 1.807) is 7.11 Å². The first-order valence-corrected chi connectivity index (χ1v) is 7.68. The van der Waals surface area contributed by atoms with Gasteiger partial charge in [-0.05, 0) is 11.6 Å². The molecule has 8 heteroatoms. The molecule has 1 aromatic rings. The third-order valence-electron chi connectivity index (χ3n) is 3.59. The van der Waals surface area contributed by atoms with Gasteiger partial charge in [-0.15, -0.1) is 24.8 Å². The highest BCUT2D eigenvalue weighted by atomic mass is 35.5. The number of nitrogens with one attached hydrogen (secondary N) is 2. The Balaban J connectivity index is 0.00000264. The summed E-state index contributed by atoms with van der Waals surface area (Å²) in [5, 5.41) is 5.99. The van der Waals surface area contributed by atoms with Gasteiger partial charge in [-0.1, -0.05) is 18.2 Å². The van der Waals surface area contributed by atoms with E-state index in [0.29, 0.717) is 26.2 Å². The first-order valence-electron chi connectivity index (χ1n) is 7.68. The van der Waals surface area contributed by atoms with Crippen molar-refractivity contribution in [3.05, 3.63) is 29.8 Å². The van der Waals surface area contributed by atoms with Gasteiger partial charge in [0.05, 0.1) is 26.4 Å². The number of benzene rings is 1. The average Bonchev–Trinajstić information content (AvgIpc) is 2.58. The van der Waals surface area contributed by atoms with Crippen LogP contribution in [0.25, 0.3) is 0 Å². The van der Waals surface area contributed by atoms with Gasteiger partial charge in [0.2, 0.25) is 5.91 Å². The number of nitrogens with zero attached hydrogens (tertiary/aromatic N) is 1. The van der Waals surface area contributed by atoms with Gasteiger partial charge in [-0.25, -0.2) is 0 Å². The fourth-order valence-corrected chi connectivity index (χ4v) is 2.41. The fraction of sp³-hybridized carbons (Fsp3) is 0.562. The second kappa shape index (κ2) is 13.3. The Hall–Kier alpha value is -1.05. The van der Waals surface area contributed by atoms with Gasteiger partial charge in [0.1, 0.15) is 0 Å². The van der Waals surface area contributed by atoms with Crippen molar-refractivity contribution in [3.63, 3.8) is 0 Å². The Bertz CT molecular complexity index is 472. The smallest absolute Gasteiger partial charge is 0.234 e. The molecule has 1 fully saturated rings. The van der Waals surface area contributed by atoms with Crippen molar-refractivity contribution >= 4 is 36.4 Å². The molecule has 0 aromatic heterocycles. The number of hydrogen-bond acceptors (Lipinski definition) is 5. The second-order valence-electron chi connectivity index (χ2n) is 5.17. The summed E-state index contributed by atoms with van der Waals surface area (Å²) in [6.45, 7) is 5.42. The molecule has 24 heavy (non-hydrogen) atoms.